The molecular formula is C21H25N3O2. The second-order valence-corrected chi connectivity index (χ2v) is 7.01. The summed E-state index contributed by atoms with van der Waals surface area (Å²) in [6, 6.07) is 12.9. The minimum atomic E-state index is -0.206. The summed E-state index contributed by atoms with van der Waals surface area (Å²) in [5.41, 5.74) is 4.01. The number of anilines is 1. The van der Waals surface area contributed by atoms with Crippen molar-refractivity contribution in [3.8, 4) is 0 Å². The van der Waals surface area contributed by atoms with E-state index in [2.05, 4.69) is 23.3 Å². The minimum Gasteiger partial charge on any atom is -0.336 e. The van der Waals surface area contributed by atoms with Crippen molar-refractivity contribution in [2.24, 2.45) is 0 Å². The average molecular weight is 351 g/mol. The Morgan fingerprint density at radius 2 is 1.50 bits per heavy atom. The second-order valence-electron chi connectivity index (χ2n) is 7.01. The highest BCUT2D eigenvalue weighted by molar-refractivity contribution is 6.06. The molecule has 1 saturated heterocycles. The second kappa shape index (κ2) is 7.70. The normalized spacial score (nSPS) is 15.0. The van der Waals surface area contributed by atoms with Gasteiger partial charge in [-0.3, -0.25) is 9.59 Å². The summed E-state index contributed by atoms with van der Waals surface area (Å²) in [5.74, 6) is -0.220. The molecule has 26 heavy (non-hydrogen) atoms. The zero-order chi connectivity index (χ0) is 18.7. The number of amides is 2. The van der Waals surface area contributed by atoms with E-state index in [0.29, 0.717) is 24.2 Å². The van der Waals surface area contributed by atoms with Crippen LogP contribution < -0.4 is 5.32 Å². The summed E-state index contributed by atoms with van der Waals surface area (Å²) < 4.78 is 0. The van der Waals surface area contributed by atoms with E-state index in [1.54, 1.807) is 24.3 Å². The molecular weight excluding hydrogens is 326 g/mol. The Balaban J connectivity index is 1.74. The number of hydrogen-bond donors (Lipinski definition) is 1. The summed E-state index contributed by atoms with van der Waals surface area (Å²) in [5, 5.41) is 2.92. The smallest absolute Gasteiger partial charge is 0.255 e. The Kier molecular flexibility index (Phi) is 5.38. The molecule has 5 nitrogen and oxygen atoms in total. The summed E-state index contributed by atoms with van der Waals surface area (Å²) >= 11 is 0. The Labute approximate surface area is 154 Å². The van der Waals surface area contributed by atoms with Gasteiger partial charge >= 0.3 is 0 Å². The molecule has 2 aromatic carbocycles. The van der Waals surface area contributed by atoms with E-state index in [0.717, 1.165) is 29.9 Å². The van der Waals surface area contributed by atoms with Gasteiger partial charge in [0.05, 0.1) is 0 Å². The van der Waals surface area contributed by atoms with Gasteiger partial charge in [-0.15, -0.1) is 0 Å². The maximum absolute atomic E-state index is 12.7. The van der Waals surface area contributed by atoms with Crippen molar-refractivity contribution in [3.63, 3.8) is 0 Å². The van der Waals surface area contributed by atoms with Crippen molar-refractivity contribution in [2.45, 2.75) is 13.8 Å². The summed E-state index contributed by atoms with van der Waals surface area (Å²) in [6.45, 7) is 7.18. The zero-order valence-electron chi connectivity index (χ0n) is 15.6. The monoisotopic (exact) mass is 351 g/mol. The third-order valence-electron chi connectivity index (χ3n) is 4.64. The van der Waals surface area contributed by atoms with E-state index >= 15 is 0 Å². The van der Waals surface area contributed by atoms with Gasteiger partial charge < -0.3 is 15.1 Å². The first-order chi connectivity index (χ1) is 12.4. The molecule has 0 aromatic heterocycles. The van der Waals surface area contributed by atoms with Crippen molar-refractivity contribution < 1.29 is 9.59 Å². The van der Waals surface area contributed by atoms with Gasteiger partial charge in [0.25, 0.3) is 11.8 Å². The Morgan fingerprint density at radius 1 is 0.885 bits per heavy atom. The zero-order valence-corrected chi connectivity index (χ0v) is 15.6. The lowest BCUT2D eigenvalue weighted by atomic mass is 10.1. The summed E-state index contributed by atoms with van der Waals surface area (Å²) in [4.78, 5) is 29.3. The predicted molar refractivity (Wildman–Crippen MR) is 104 cm³/mol. The van der Waals surface area contributed by atoms with Crippen molar-refractivity contribution in [2.75, 3.05) is 38.5 Å². The molecule has 1 aliphatic rings. The van der Waals surface area contributed by atoms with Gasteiger partial charge in [0.2, 0.25) is 0 Å². The van der Waals surface area contributed by atoms with E-state index in [1.165, 1.54) is 0 Å². The SMILES string of the molecule is Cc1cc(C)cc(NC(=O)c2cccc(C(=O)N3CCN(C)CC3)c2)c1. The maximum atomic E-state index is 12.7. The molecule has 0 saturated carbocycles. The number of aryl methyl sites for hydroxylation is 2. The van der Waals surface area contributed by atoms with Gasteiger partial charge in [-0.1, -0.05) is 12.1 Å². The fourth-order valence-electron chi connectivity index (χ4n) is 3.24. The number of benzene rings is 2. The lowest BCUT2D eigenvalue weighted by molar-refractivity contribution is 0.0664. The molecule has 0 unspecified atom stereocenters. The van der Waals surface area contributed by atoms with Crippen molar-refractivity contribution in [3.05, 3.63) is 64.7 Å². The van der Waals surface area contributed by atoms with Crippen molar-refractivity contribution in [1.82, 2.24) is 9.80 Å². The third kappa shape index (κ3) is 4.29. The number of carbonyl (C=O) groups is 2. The van der Waals surface area contributed by atoms with Crippen LogP contribution in [0.4, 0.5) is 5.69 Å². The van der Waals surface area contributed by atoms with E-state index in [1.807, 2.05) is 30.9 Å². The number of rotatable bonds is 3. The number of nitrogens with zero attached hydrogens (tertiary/aromatic N) is 2. The third-order valence-corrected chi connectivity index (χ3v) is 4.64. The highest BCUT2D eigenvalue weighted by Crippen LogP contribution is 2.16. The van der Waals surface area contributed by atoms with Crippen LogP contribution in [0.1, 0.15) is 31.8 Å². The van der Waals surface area contributed by atoms with Crippen molar-refractivity contribution >= 4 is 17.5 Å². The van der Waals surface area contributed by atoms with Gasteiger partial charge in [0, 0.05) is 43.0 Å². The van der Waals surface area contributed by atoms with Crippen LogP contribution in [-0.4, -0.2) is 54.8 Å². The molecule has 136 valence electrons. The van der Waals surface area contributed by atoms with Gasteiger partial charge in [0.15, 0.2) is 0 Å². The molecule has 3 rings (SSSR count). The van der Waals surface area contributed by atoms with Gasteiger partial charge in [0.1, 0.15) is 0 Å². The van der Waals surface area contributed by atoms with E-state index in [-0.39, 0.29) is 11.8 Å². The predicted octanol–water partition coefficient (Wildman–Crippen LogP) is 2.94. The topological polar surface area (TPSA) is 52.7 Å². The fraction of sp³-hybridized carbons (Fsp3) is 0.333. The molecule has 2 amide bonds. The molecule has 1 aliphatic heterocycles. The first-order valence-corrected chi connectivity index (χ1v) is 8.90. The summed E-state index contributed by atoms with van der Waals surface area (Å²) in [6.07, 6.45) is 0. The fourth-order valence-corrected chi connectivity index (χ4v) is 3.24. The molecule has 0 radical (unpaired) electrons. The van der Waals surface area contributed by atoms with Crippen LogP contribution in [0.5, 0.6) is 0 Å². The molecule has 0 spiro atoms. The van der Waals surface area contributed by atoms with Crippen LogP contribution in [-0.2, 0) is 0 Å². The lowest BCUT2D eigenvalue weighted by Gasteiger charge is -2.32. The summed E-state index contributed by atoms with van der Waals surface area (Å²) in [7, 11) is 2.06. The number of piperazine rings is 1. The van der Waals surface area contributed by atoms with Crippen LogP contribution >= 0.6 is 0 Å². The van der Waals surface area contributed by atoms with Crippen LogP contribution in [0.25, 0.3) is 0 Å². The Hall–Kier alpha value is -2.66. The minimum absolute atomic E-state index is 0.0147. The quantitative estimate of drug-likeness (QED) is 0.925. The van der Waals surface area contributed by atoms with Gasteiger partial charge in [-0.2, -0.15) is 0 Å². The molecule has 0 bridgehead atoms. The maximum Gasteiger partial charge on any atom is 0.255 e. The highest BCUT2D eigenvalue weighted by Gasteiger charge is 2.21. The molecule has 1 N–H and O–H groups in total. The number of nitrogens with one attached hydrogen (secondary N) is 1. The van der Waals surface area contributed by atoms with Gasteiger partial charge in [-0.05, 0) is 62.4 Å². The lowest BCUT2D eigenvalue weighted by Crippen LogP contribution is -2.47. The molecule has 1 fully saturated rings. The Bertz CT molecular complexity index is 804. The molecule has 0 aliphatic carbocycles. The Morgan fingerprint density at radius 3 is 2.15 bits per heavy atom. The molecule has 0 atom stereocenters. The standard InChI is InChI=1S/C21H25N3O2/c1-15-11-16(2)13-19(12-15)22-20(25)17-5-4-6-18(14-17)21(26)24-9-7-23(3)8-10-24/h4-6,11-14H,7-10H2,1-3H3,(H,22,25). The van der Waals surface area contributed by atoms with Crippen molar-refractivity contribution in [1.29, 1.82) is 0 Å². The van der Waals surface area contributed by atoms with Crippen LogP contribution in [0.15, 0.2) is 42.5 Å². The van der Waals surface area contributed by atoms with Crippen LogP contribution in [0.2, 0.25) is 0 Å². The number of likely N-dealkylation sites (N-methyl/N-ethyl adjacent to an activating group) is 1. The van der Waals surface area contributed by atoms with E-state index in [4.69, 9.17) is 0 Å². The van der Waals surface area contributed by atoms with Gasteiger partial charge in [-0.25, -0.2) is 0 Å². The van der Waals surface area contributed by atoms with Crippen LogP contribution in [0, 0.1) is 13.8 Å². The average Bonchev–Trinajstić information content (AvgIpc) is 2.61. The largest absolute Gasteiger partial charge is 0.336 e. The van der Waals surface area contributed by atoms with Crippen LogP contribution in [0.3, 0.4) is 0 Å². The molecule has 5 heteroatoms. The molecule has 1 heterocycles. The molecule has 2 aromatic rings. The highest BCUT2D eigenvalue weighted by atomic mass is 16.2. The number of carbonyl (C=O) groups excluding carboxylic acids is 2. The van der Waals surface area contributed by atoms with E-state index < -0.39 is 0 Å². The van der Waals surface area contributed by atoms with E-state index in [9.17, 15) is 9.59 Å². The first kappa shape index (κ1) is 18.1. The number of hydrogen-bond acceptors (Lipinski definition) is 3. The first-order valence-electron chi connectivity index (χ1n) is 8.90.